The predicted molar refractivity (Wildman–Crippen MR) is 113 cm³/mol. The maximum absolute atomic E-state index is 12.9. The number of anilines is 1. The Morgan fingerprint density at radius 1 is 1.16 bits per heavy atom. The first kappa shape index (κ1) is 22.3. The number of aryl methyl sites for hydroxylation is 2. The summed E-state index contributed by atoms with van der Waals surface area (Å²) in [6, 6.07) is -0.543. The molecule has 0 aromatic carbocycles. The van der Waals surface area contributed by atoms with Gasteiger partial charge in [-0.05, 0) is 27.7 Å². The Kier molecular flexibility index (Phi) is 6.62. The van der Waals surface area contributed by atoms with Crippen LogP contribution in [0.5, 0.6) is 0 Å². The van der Waals surface area contributed by atoms with E-state index in [1.165, 1.54) is 6.20 Å². The first-order valence-electron chi connectivity index (χ1n) is 10.3. The van der Waals surface area contributed by atoms with E-state index in [0.717, 1.165) is 5.69 Å². The number of hydrogen-bond acceptors (Lipinski definition) is 6. The molecule has 0 radical (unpaired) electrons. The van der Waals surface area contributed by atoms with Crippen LogP contribution in [0.25, 0.3) is 0 Å². The van der Waals surface area contributed by atoms with Crippen molar-refractivity contribution >= 4 is 23.6 Å². The fraction of sp³-hybridized carbons (Fsp3) is 0.550. The molecule has 1 aliphatic heterocycles. The van der Waals surface area contributed by atoms with Crippen LogP contribution in [0.1, 0.15) is 41.6 Å². The summed E-state index contributed by atoms with van der Waals surface area (Å²) < 4.78 is 8.20. The summed E-state index contributed by atoms with van der Waals surface area (Å²) in [4.78, 5) is 40.7. The molecule has 0 saturated carbocycles. The van der Waals surface area contributed by atoms with Gasteiger partial charge in [0.1, 0.15) is 6.04 Å². The lowest BCUT2D eigenvalue weighted by Gasteiger charge is -2.35. The van der Waals surface area contributed by atoms with Gasteiger partial charge in [-0.1, -0.05) is 0 Å². The highest BCUT2D eigenvalue weighted by Crippen LogP contribution is 2.20. The minimum absolute atomic E-state index is 0.0908. The Bertz CT molecular complexity index is 972. The number of nitrogens with one attached hydrogen (secondary N) is 1. The molecule has 0 aliphatic carbocycles. The quantitative estimate of drug-likeness (QED) is 0.764. The third kappa shape index (κ3) is 4.70. The number of aromatic nitrogens is 4. The highest BCUT2D eigenvalue weighted by molar-refractivity contribution is 6.05. The first-order chi connectivity index (χ1) is 14.7. The fourth-order valence-electron chi connectivity index (χ4n) is 3.42. The van der Waals surface area contributed by atoms with Gasteiger partial charge in [-0.15, -0.1) is 0 Å². The number of carbonyl (C=O) groups is 3. The molecule has 1 saturated heterocycles. The van der Waals surface area contributed by atoms with Crippen LogP contribution >= 0.6 is 0 Å². The Morgan fingerprint density at radius 2 is 1.81 bits per heavy atom. The van der Waals surface area contributed by atoms with E-state index in [-0.39, 0.29) is 17.9 Å². The van der Waals surface area contributed by atoms with E-state index in [1.807, 2.05) is 6.92 Å². The van der Waals surface area contributed by atoms with Gasteiger partial charge in [-0.2, -0.15) is 10.2 Å². The van der Waals surface area contributed by atoms with Crippen molar-refractivity contribution in [1.29, 1.82) is 0 Å². The van der Waals surface area contributed by atoms with Crippen LogP contribution in [0.3, 0.4) is 0 Å². The van der Waals surface area contributed by atoms with Gasteiger partial charge in [0.2, 0.25) is 5.91 Å². The summed E-state index contributed by atoms with van der Waals surface area (Å²) in [6.45, 7) is 9.19. The number of amides is 3. The summed E-state index contributed by atoms with van der Waals surface area (Å²) in [5, 5.41) is 11.4. The van der Waals surface area contributed by atoms with E-state index in [2.05, 4.69) is 15.5 Å². The highest BCUT2D eigenvalue weighted by atomic mass is 16.6. The Morgan fingerprint density at radius 3 is 2.39 bits per heavy atom. The van der Waals surface area contributed by atoms with Gasteiger partial charge >= 0.3 is 6.09 Å². The Balaban J connectivity index is 1.63. The third-order valence-corrected chi connectivity index (χ3v) is 5.52. The predicted octanol–water partition coefficient (Wildman–Crippen LogP) is 1.35. The van der Waals surface area contributed by atoms with Crippen molar-refractivity contribution in [3.63, 3.8) is 0 Å². The number of hydrogen-bond donors (Lipinski definition) is 1. The van der Waals surface area contributed by atoms with E-state index in [9.17, 15) is 14.4 Å². The lowest BCUT2D eigenvalue weighted by Crippen LogP contribution is -2.52. The van der Waals surface area contributed by atoms with Crippen LogP contribution in [-0.2, 0) is 16.6 Å². The third-order valence-electron chi connectivity index (χ3n) is 5.52. The van der Waals surface area contributed by atoms with Gasteiger partial charge < -0.3 is 19.9 Å². The molecule has 2 aromatic heterocycles. The SMILES string of the molecule is CCOC(=O)N1CCN(C(=O)C(C)n2cc(NC(=O)c3cnn(C)c3C)c(C)n2)CC1. The molecular formula is C20H29N7O4. The van der Waals surface area contributed by atoms with Crippen molar-refractivity contribution in [2.24, 2.45) is 7.05 Å². The van der Waals surface area contributed by atoms with Crippen LogP contribution in [0.15, 0.2) is 12.4 Å². The summed E-state index contributed by atoms with van der Waals surface area (Å²) in [6.07, 6.45) is 2.83. The molecule has 1 fully saturated rings. The van der Waals surface area contributed by atoms with Crippen LogP contribution in [-0.4, -0.2) is 80.1 Å². The molecule has 1 aliphatic rings. The second-order valence-electron chi connectivity index (χ2n) is 7.52. The molecule has 1 unspecified atom stereocenters. The summed E-state index contributed by atoms with van der Waals surface area (Å²) in [7, 11) is 1.77. The van der Waals surface area contributed by atoms with Crippen LogP contribution in [0.4, 0.5) is 10.5 Å². The molecule has 168 valence electrons. The van der Waals surface area contributed by atoms with E-state index >= 15 is 0 Å². The number of ether oxygens (including phenoxy) is 1. The summed E-state index contributed by atoms with van der Waals surface area (Å²) >= 11 is 0. The monoisotopic (exact) mass is 431 g/mol. The average Bonchev–Trinajstić information content (AvgIpc) is 3.29. The lowest BCUT2D eigenvalue weighted by molar-refractivity contribution is -0.136. The van der Waals surface area contributed by atoms with Crippen LogP contribution in [0.2, 0.25) is 0 Å². The molecule has 11 heteroatoms. The largest absolute Gasteiger partial charge is 0.450 e. The second kappa shape index (κ2) is 9.19. The van der Waals surface area contributed by atoms with Crippen molar-refractivity contribution in [2.75, 3.05) is 38.1 Å². The minimum atomic E-state index is -0.543. The molecule has 2 aromatic rings. The van der Waals surface area contributed by atoms with Crippen molar-refractivity contribution < 1.29 is 19.1 Å². The van der Waals surface area contributed by atoms with Gasteiger partial charge in [0.05, 0.1) is 29.7 Å². The molecular weight excluding hydrogens is 402 g/mol. The minimum Gasteiger partial charge on any atom is -0.450 e. The molecule has 3 heterocycles. The Labute approximate surface area is 180 Å². The number of nitrogens with zero attached hydrogens (tertiary/aromatic N) is 6. The zero-order valence-electron chi connectivity index (χ0n) is 18.6. The van der Waals surface area contributed by atoms with Crippen LogP contribution in [0, 0.1) is 13.8 Å². The van der Waals surface area contributed by atoms with Crippen molar-refractivity contribution in [1.82, 2.24) is 29.4 Å². The van der Waals surface area contributed by atoms with Gasteiger partial charge in [0, 0.05) is 45.1 Å². The normalized spacial score (nSPS) is 15.0. The average molecular weight is 431 g/mol. The summed E-state index contributed by atoms with van der Waals surface area (Å²) in [5.41, 5.74) is 2.40. The maximum Gasteiger partial charge on any atom is 0.409 e. The van der Waals surface area contributed by atoms with Gasteiger partial charge in [0.15, 0.2) is 0 Å². The van der Waals surface area contributed by atoms with Gasteiger partial charge in [-0.25, -0.2) is 4.79 Å². The zero-order chi connectivity index (χ0) is 22.7. The summed E-state index contributed by atoms with van der Waals surface area (Å²) in [5.74, 6) is -0.366. The van der Waals surface area contributed by atoms with Gasteiger partial charge in [-0.3, -0.25) is 19.0 Å². The smallest absolute Gasteiger partial charge is 0.409 e. The van der Waals surface area contributed by atoms with Crippen molar-refractivity contribution in [2.45, 2.75) is 33.7 Å². The molecule has 0 bridgehead atoms. The molecule has 3 amide bonds. The molecule has 0 spiro atoms. The highest BCUT2D eigenvalue weighted by Gasteiger charge is 2.29. The first-order valence-corrected chi connectivity index (χ1v) is 10.3. The van der Waals surface area contributed by atoms with E-state index in [4.69, 9.17) is 4.74 Å². The van der Waals surface area contributed by atoms with E-state index in [1.54, 1.807) is 53.2 Å². The molecule has 1 N–H and O–H groups in total. The number of carbonyl (C=O) groups excluding carboxylic acids is 3. The molecule has 1 atom stereocenters. The fourth-order valence-corrected chi connectivity index (χ4v) is 3.42. The zero-order valence-corrected chi connectivity index (χ0v) is 18.6. The van der Waals surface area contributed by atoms with Crippen LogP contribution < -0.4 is 5.32 Å². The molecule has 11 nitrogen and oxygen atoms in total. The molecule has 31 heavy (non-hydrogen) atoms. The number of rotatable bonds is 5. The van der Waals surface area contributed by atoms with Gasteiger partial charge in [0.25, 0.3) is 5.91 Å². The van der Waals surface area contributed by atoms with E-state index in [0.29, 0.717) is 49.7 Å². The lowest BCUT2D eigenvalue weighted by atomic mass is 10.2. The second-order valence-corrected chi connectivity index (χ2v) is 7.52. The van der Waals surface area contributed by atoms with E-state index < -0.39 is 6.04 Å². The standard InChI is InChI=1S/C20H29N7O4/c1-6-31-20(30)26-9-7-25(8-10-26)19(29)15(4)27-12-17(13(2)23-27)22-18(28)16-11-21-24(5)14(16)3/h11-12,15H,6-10H2,1-5H3,(H,22,28). The van der Waals surface area contributed by atoms with Crippen molar-refractivity contribution in [3.05, 3.63) is 29.3 Å². The Hall–Kier alpha value is -3.37. The molecule has 3 rings (SSSR count). The number of piperazine rings is 1. The topological polar surface area (TPSA) is 115 Å². The van der Waals surface area contributed by atoms with Crippen molar-refractivity contribution in [3.8, 4) is 0 Å². The maximum atomic E-state index is 12.9.